The van der Waals surface area contributed by atoms with Gasteiger partial charge in [0.05, 0.1) is 0 Å². The zero-order valence-electron chi connectivity index (χ0n) is 29.7. The van der Waals surface area contributed by atoms with E-state index in [4.69, 9.17) is 9.47 Å². The van der Waals surface area contributed by atoms with Gasteiger partial charge < -0.3 is 9.47 Å². The quantitative estimate of drug-likeness (QED) is 0.158. The van der Waals surface area contributed by atoms with Crippen LogP contribution in [-0.4, -0.2) is 0 Å². The number of fused-ring (bicyclic) bond motifs is 5. The van der Waals surface area contributed by atoms with Crippen LogP contribution in [-0.2, 0) is 13.2 Å². The summed E-state index contributed by atoms with van der Waals surface area (Å²) in [7, 11) is 0. The highest BCUT2D eigenvalue weighted by molar-refractivity contribution is 6.09. The molecular weight excluding hydrogens is 657 g/mol. The summed E-state index contributed by atoms with van der Waals surface area (Å²) in [4.78, 5) is 0. The van der Waals surface area contributed by atoms with Crippen molar-refractivity contribution < 1.29 is 9.47 Å². The Bertz CT molecular complexity index is 2800. The topological polar surface area (TPSA) is 18.5 Å². The van der Waals surface area contributed by atoms with Gasteiger partial charge >= 0.3 is 0 Å². The van der Waals surface area contributed by atoms with Crippen LogP contribution in [0.25, 0.3) is 76.1 Å². The number of hydrogen-bond donors (Lipinski definition) is 0. The molecule has 0 radical (unpaired) electrons. The van der Waals surface area contributed by atoms with E-state index in [9.17, 15) is 0 Å². The van der Waals surface area contributed by atoms with Crippen LogP contribution in [0.4, 0.5) is 0 Å². The molecule has 0 saturated carbocycles. The SMILES string of the molecule is c1ccc2c(-c3c(OCc4ccc5ccc(COc6ccc7ccccc7c6-c6cccc7ccccc67)cc5c4)ccc4ccccc34)cccc2c1. The van der Waals surface area contributed by atoms with Crippen molar-refractivity contribution in [3.63, 3.8) is 0 Å². The van der Waals surface area contributed by atoms with Crippen molar-refractivity contribution in [1.29, 1.82) is 0 Å². The first-order chi connectivity index (χ1) is 26.8. The molecule has 0 saturated heterocycles. The minimum absolute atomic E-state index is 0.457. The highest BCUT2D eigenvalue weighted by Gasteiger charge is 2.16. The summed E-state index contributed by atoms with van der Waals surface area (Å²) in [5.74, 6) is 1.76. The first-order valence-electron chi connectivity index (χ1n) is 18.5. The first-order valence-corrected chi connectivity index (χ1v) is 18.5. The van der Waals surface area contributed by atoms with Gasteiger partial charge in [-0.15, -0.1) is 0 Å². The summed E-state index contributed by atoms with van der Waals surface area (Å²) in [6, 6.07) is 69.1. The van der Waals surface area contributed by atoms with E-state index in [2.05, 4.69) is 194 Å². The van der Waals surface area contributed by atoms with E-state index in [-0.39, 0.29) is 0 Å². The van der Waals surface area contributed by atoms with Crippen LogP contribution in [0.1, 0.15) is 11.1 Å². The minimum Gasteiger partial charge on any atom is -0.488 e. The van der Waals surface area contributed by atoms with Crippen molar-refractivity contribution in [3.8, 4) is 33.8 Å². The van der Waals surface area contributed by atoms with Gasteiger partial charge in [0.25, 0.3) is 0 Å². The van der Waals surface area contributed by atoms with Gasteiger partial charge in [-0.05, 0) is 100 Å². The zero-order valence-corrected chi connectivity index (χ0v) is 29.7. The lowest BCUT2D eigenvalue weighted by Gasteiger charge is -2.17. The maximum absolute atomic E-state index is 6.72. The Hall–Kier alpha value is -6.90. The van der Waals surface area contributed by atoms with Gasteiger partial charge in [0.1, 0.15) is 24.7 Å². The smallest absolute Gasteiger partial charge is 0.128 e. The van der Waals surface area contributed by atoms with Crippen LogP contribution in [0.2, 0.25) is 0 Å². The average molecular weight is 693 g/mol. The summed E-state index contributed by atoms with van der Waals surface area (Å²) >= 11 is 0. The normalized spacial score (nSPS) is 11.5. The fraction of sp³-hybridized carbons (Fsp3) is 0.0385. The molecule has 0 unspecified atom stereocenters. The molecule has 2 nitrogen and oxygen atoms in total. The molecular formula is C52H36O2. The van der Waals surface area contributed by atoms with Gasteiger partial charge in [0.2, 0.25) is 0 Å². The molecule has 0 bridgehead atoms. The Morgan fingerprint density at radius 1 is 0.278 bits per heavy atom. The number of benzene rings is 10. The second-order valence-corrected chi connectivity index (χ2v) is 14.0. The highest BCUT2D eigenvalue weighted by atomic mass is 16.5. The minimum atomic E-state index is 0.457. The van der Waals surface area contributed by atoms with E-state index in [1.165, 1.54) is 59.6 Å². The molecule has 0 amide bonds. The van der Waals surface area contributed by atoms with E-state index in [1.54, 1.807) is 0 Å². The summed E-state index contributed by atoms with van der Waals surface area (Å²) in [6.07, 6.45) is 0. The summed E-state index contributed by atoms with van der Waals surface area (Å²) < 4.78 is 13.4. The molecule has 0 atom stereocenters. The average Bonchev–Trinajstić information content (AvgIpc) is 3.24. The van der Waals surface area contributed by atoms with E-state index in [0.717, 1.165) is 39.1 Å². The van der Waals surface area contributed by atoms with Gasteiger partial charge in [-0.2, -0.15) is 0 Å². The van der Waals surface area contributed by atoms with Crippen molar-refractivity contribution in [2.24, 2.45) is 0 Å². The van der Waals surface area contributed by atoms with Crippen LogP contribution in [0.15, 0.2) is 194 Å². The van der Waals surface area contributed by atoms with E-state index in [0.29, 0.717) is 13.2 Å². The maximum atomic E-state index is 6.72. The van der Waals surface area contributed by atoms with Crippen molar-refractivity contribution >= 4 is 53.9 Å². The lowest BCUT2D eigenvalue weighted by molar-refractivity contribution is 0.307. The molecule has 10 rings (SSSR count). The standard InChI is InChI=1S/C52H36O2/c1-5-17-43-38(11-1)15-9-21-47(43)51-45-19-7-3-13-40(45)27-29-49(51)53-33-35-23-25-37-26-24-36(32-42(37)31-35)34-54-50-30-28-41-14-4-8-20-46(41)52(50)48-22-10-16-39-12-2-6-18-44(39)48/h1-32H,33-34H2. The Kier molecular flexibility index (Phi) is 8.00. The van der Waals surface area contributed by atoms with Gasteiger partial charge in [-0.25, -0.2) is 0 Å². The first kappa shape index (κ1) is 31.8. The zero-order chi connectivity index (χ0) is 35.8. The van der Waals surface area contributed by atoms with E-state index < -0.39 is 0 Å². The molecule has 0 aliphatic heterocycles. The number of rotatable bonds is 8. The van der Waals surface area contributed by atoms with Gasteiger partial charge in [-0.3, -0.25) is 0 Å². The van der Waals surface area contributed by atoms with Crippen LogP contribution in [0, 0.1) is 0 Å². The molecule has 54 heavy (non-hydrogen) atoms. The van der Waals surface area contributed by atoms with E-state index >= 15 is 0 Å². The van der Waals surface area contributed by atoms with Crippen LogP contribution in [0.5, 0.6) is 11.5 Å². The molecule has 10 aromatic carbocycles. The second-order valence-electron chi connectivity index (χ2n) is 14.0. The lowest BCUT2D eigenvalue weighted by atomic mass is 9.93. The van der Waals surface area contributed by atoms with Crippen molar-refractivity contribution in [2.45, 2.75) is 13.2 Å². The Labute approximate surface area is 314 Å². The molecule has 0 spiro atoms. The molecule has 0 aliphatic rings. The Balaban J connectivity index is 0.958. The third kappa shape index (κ3) is 5.79. The van der Waals surface area contributed by atoms with Crippen LogP contribution >= 0.6 is 0 Å². The largest absolute Gasteiger partial charge is 0.488 e. The summed E-state index contributed by atoms with van der Waals surface area (Å²) in [6.45, 7) is 0.913. The van der Waals surface area contributed by atoms with Gasteiger partial charge in [-0.1, -0.05) is 170 Å². The van der Waals surface area contributed by atoms with Crippen molar-refractivity contribution in [1.82, 2.24) is 0 Å². The maximum Gasteiger partial charge on any atom is 0.128 e. The predicted octanol–water partition coefficient (Wildman–Crippen LogP) is 13.9. The predicted molar refractivity (Wildman–Crippen MR) is 226 cm³/mol. The molecule has 0 aromatic heterocycles. The Morgan fingerprint density at radius 2 is 0.648 bits per heavy atom. The third-order valence-corrected chi connectivity index (χ3v) is 10.7. The fourth-order valence-corrected chi connectivity index (χ4v) is 8.03. The molecule has 256 valence electrons. The Morgan fingerprint density at radius 3 is 1.11 bits per heavy atom. The highest BCUT2D eigenvalue weighted by Crippen LogP contribution is 2.42. The molecule has 0 fully saturated rings. The number of hydrogen-bond acceptors (Lipinski definition) is 2. The fourth-order valence-electron chi connectivity index (χ4n) is 8.03. The molecule has 0 heterocycles. The monoisotopic (exact) mass is 692 g/mol. The third-order valence-electron chi connectivity index (χ3n) is 10.7. The lowest BCUT2D eigenvalue weighted by Crippen LogP contribution is -1.99. The van der Waals surface area contributed by atoms with Crippen LogP contribution in [0.3, 0.4) is 0 Å². The van der Waals surface area contributed by atoms with Gasteiger partial charge in [0.15, 0.2) is 0 Å². The molecule has 10 aromatic rings. The molecule has 0 N–H and O–H groups in total. The molecule has 2 heteroatoms. The summed E-state index contributed by atoms with van der Waals surface area (Å²) in [5.41, 5.74) is 6.84. The van der Waals surface area contributed by atoms with Crippen LogP contribution < -0.4 is 9.47 Å². The van der Waals surface area contributed by atoms with Gasteiger partial charge in [0, 0.05) is 11.1 Å². The second kappa shape index (κ2) is 13.6. The number of ether oxygens (including phenoxy) is 2. The summed E-state index contributed by atoms with van der Waals surface area (Å²) in [5, 5.41) is 12.0. The van der Waals surface area contributed by atoms with Crippen molar-refractivity contribution in [2.75, 3.05) is 0 Å². The van der Waals surface area contributed by atoms with Crippen molar-refractivity contribution in [3.05, 3.63) is 205 Å². The molecule has 0 aliphatic carbocycles. The van der Waals surface area contributed by atoms with E-state index in [1.807, 2.05) is 0 Å².